The number of rotatable bonds is 2. The van der Waals surface area contributed by atoms with Crippen LogP contribution in [-0.4, -0.2) is 17.8 Å². The van der Waals surface area contributed by atoms with Gasteiger partial charge in [0, 0.05) is 0 Å². The monoisotopic (exact) mass is 376 g/mol. The van der Waals surface area contributed by atoms with Crippen molar-refractivity contribution in [2.75, 3.05) is 4.90 Å². The summed E-state index contributed by atoms with van der Waals surface area (Å²) in [6, 6.07) is 12.3. The number of nitrogens with zero attached hydrogens (tertiary/aromatic N) is 1. The molecule has 0 saturated carbocycles. The maximum absolute atomic E-state index is 12.9. The molecular weight excluding hydrogens is 352 g/mol. The van der Waals surface area contributed by atoms with E-state index in [4.69, 9.17) is 0 Å². The highest BCUT2D eigenvalue weighted by Crippen LogP contribution is 2.25. The Morgan fingerprint density at radius 1 is 0.893 bits per heavy atom. The average Bonchev–Trinajstić information content (AvgIpc) is 2.61. The van der Waals surface area contributed by atoms with Crippen molar-refractivity contribution in [3.8, 4) is 0 Å². The summed E-state index contributed by atoms with van der Waals surface area (Å²) < 4.78 is 0. The second-order valence-electron chi connectivity index (χ2n) is 8.10. The van der Waals surface area contributed by atoms with Gasteiger partial charge in [0.05, 0.1) is 5.69 Å². The van der Waals surface area contributed by atoms with Crippen LogP contribution >= 0.6 is 0 Å². The number of benzene rings is 2. The van der Waals surface area contributed by atoms with Gasteiger partial charge in [-0.3, -0.25) is 14.9 Å². The molecular formula is C23H24N2O3. The van der Waals surface area contributed by atoms with Crippen molar-refractivity contribution in [2.24, 2.45) is 0 Å². The van der Waals surface area contributed by atoms with Gasteiger partial charge in [-0.2, -0.15) is 0 Å². The molecule has 0 bridgehead atoms. The molecule has 1 aliphatic rings. The Hall–Kier alpha value is -3.21. The Kier molecular flexibility index (Phi) is 4.94. The van der Waals surface area contributed by atoms with Gasteiger partial charge in [0.25, 0.3) is 11.8 Å². The molecule has 1 heterocycles. The normalized spacial score (nSPS) is 16.5. The molecule has 1 aliphatic heterocycles. The predicted octanol–water partition coefficient (Wildman–Crippen LogP) is 4.27. The van der Waals surface area contributed by atoms with E-state index in [9.17, 15) is 14.4 Å². The van der Waals surface area contributed by atoms with Crippen molar-refractivity contribution in [3.05, 3.63) is 70.3 Å². The maximum atomic E-state index is 12.9. The third kappa shape index (κ3) is 3.74. The SMILES string of the molecule is Cc1ccc(N2C(=O)NC(=O)/C(=C\c3ccc(C(C)(C)C)cc3)C2=O)cc1C. The molecule has 5 nitrogen and oxygen atoms in total. The van der Waals surface area contributed by atoms with Crippen molar-refractivity contribution < 1.29 is 14.4 Å². The van der Waals surface area contributed by atoms with Crippen LogP contribution in [0.1, 0.15) is 43.0 Å². The summed E-state index contributed by atoms with van der Waals surface area (Å²) in [5, 5.41) is 2.26. The standard InChI is InChI=1S/C23H24N2O3/c1-14-6-11-18(12-15(14)2)25-21(27)19(20(26)24-22(25)28)13-16-7-9-17(10-8-16)23(3,4)5/h6-13H,1-5H3,(H,24,26,28)/b19-13+. The van der Waals surface area contributed by atoms with E-state index >= 15 is 0 Å². The van der Waals surface area contributed by atoms with Gasteiger partial charge < -0.3 is 0 Å². The lowest BCUT2D eigenvalue weighted by Gasteiger charge is -2.27. The summed E-state index contributed by atoms with van der Waals surface area (Å²) in [7, 11) is 0. The van der Waals surface area contributed by atoms with Gasteiger partial charge in [0.1, 0.15) is 5.57 Å². The summed E-state index contributed by atoms with van der Waals surface area (Å²) in [5.41, 5.74) is 4.27. The fourth-order valence-corrected chi connectivity index (χ4v) is 3.00. The number of urea groups is 1. The van der Waals surface area contributed by atoms with Crippen LogP contribution in [-0.2, 0) is 15.0 Å². The number of imide groups is 2. The van der Waals surface area contributed by atoms with Crippen molar-refractivity contribution in [1.82, 2.24) is 5.32 Å². The lowest BCUT2D eigenvalue weighted by molar-refractivity contribution is -0.122. The molecule has 0 spiro atoms. The first-order chi connectivity index (χ1) is 13.1. The zero-order valence-electron chi connectivity index (χ0n) is 16.8. The van der Waals surface area contributed by atoms with Crippen molar-refractivity contribution in [1.29, 1.82) is 0 Å². The number of aryl methyl sites for hydroxylation is 2. The van der Waals surface area contributed by atoms with Crippen LogP contribution in [0.25, 0.3) is 6.08 Å². The molecule has 0 unspecified atom stereocenters. The number of carbonyl (C=O) groups excluding carboxylic acids is 3. The van der Waals surface area contributed by atoms with E-state index in [-0.39, 0.29) is 11.0 Å². The highest BCUT2D eigenvalue weighted by molar-refractivity contribution is 6.39. The first kappa shape index (κ1) is 19.5. The number of hydrogen-bond donors (Lipinski definition) is 1. The van der Waals surface area contributed by atoms with E-state index < -0.39 is 17.8 Å². The van der Waals surface area contributed by atoms with E-state index in [0.717, 1.165) is 27.2 Å². The van der Waals surface area contributed by atoms with E-state index in [1.807, 2.05) is 44.2 Å². The van der Waals surface area contributed by atoms with E-state index in [2.05, 4.69) is 26.1 Å². The number of hydrogen-bond acceptors (Lipinski definition) is 3. The second-order valence-corrected chi connectivity index (χ2v) is 8.10. The highest BCUT2D eigenvalue weighted by Gasteiger charge is 2.36. The fraction of sp³-hybridized carbons (Fsp3) is 0.261. The Morgan fingerprint density at radius 3 is 2.11 bits per heavy atom. The van der Waals surface area contributed by atoms with Crippen LogP contribution in [0.5, 0.6) is 0 Å². The summed E-state index contributed by atoms with van der Waals surface area (Å²) in [6.45, 7) is 10.2. The van der Waals surface area contributed by atoms with Crippen LogP contribution in [0.3, 0.4) is 0 Å². The molecule has 3 rings (SSSR count). The topological polar surface area (TPSA) is 66.5 Å². The van der Waals surface area contributed by atoms with Crippen LogP contribution in [0.4, 0.5) is 10.5 Å². The largest absolute Gasteiger partial charge is 0.335 e. The molecule has 28 heavy (non-hydrogen) atoms. The Labute approximate surface area is 165 Å². The molecule has 1 fully saturated rings. The van der Waals surface area contributed by atoms with Gasteiger partial charge in [0.15, 0.2) is 0 Å². The molecule has 0 aliphatic carbocycles. The molecule has 2 aromatic rings. The highest BCUT2D eigenvalue weighted by atomic mass is 16.2. The third-order valence-corrected chi connectivity index (χ3v) is 4.94. The van der Waals surface area contributed by atoms with Gasteiger partial charge in [-0.15, -0.1) is 0 Å². The molecule has 1 saturated heterocycles. The van der Waals surface area contributed by atoms with Crippen LogP contribution in [0.15, 0.2) is 48.0 Å². The molecule has 5 heteroatoms. The predicted molar refractivity (Wildman–Crippen MR) is 110 cm³/mol. The van der Waals surface area contributed by atoms with Crippen molar-refractivity contribution in [2.45, 2.75) is 40.0 Å². The number of carbonyl (C=O) groups is 3. The van der Waals surface area contributed by atoms with Crippen molar-refractivity contribution in [3.63, 3.8) is 0 Å². The van der Waals surface area contributed by atoms with Gasteiger partial charge >= 0.3 is 6.03 Å². The minimum absolute atomic E-state index is 0.0101. The quantitative estimate of drug-likeness (QED) is 0.629. The molecule has 2 aromatic carbocycles. The van der Waals surface area contributed by atoms with Crippen LogP contribution in [0, 0.1) is 13.8 Å². The second kappa shape index (κ2) is 7.08. The van der Waals surface area contributed by atoms with E-state index in [1.54, 1.807) is 12.1 Å². The molecule has 0 atom stereocenters. The minimum Gasteiger partial charge on any atom is -0.273 e. The molecule has 0 aromatic heterocycles. The van der Waals surface area contributed by atoms with E-state index in [1.165, 1.54) is 6.08 Å². The number of amides is 4. The number of nitrogens with one attached hydrogen (secondary N) is 1. The molecule has 144 valence electrons. The molecule has 4 amide bonds. The first-order valence-corrected chi connectivity index (χ1v) is 9.17. The lowest BCUT2D eigenvalue weighted by Crippen LogP contribution is -2.54. The summed E-state index contributed by atoms with van der Waals surface area (Å²) in [4.78, 5) is 38.6. The summed E-state index contributed by atoms with van der Waals surface area (Å²) in [5.74, 6) is -1.31. The summed E-state index contributed by atoms with van der Waals surface area (Å²) in [6.07, 6.45) is 1.52. The van der Waals surface area contributed by atoms with E-state index in [0.29, 0.717) is 5.69 Å². The van der Waals surface area contributed by atoms with Crippen LogP contribution in [0.2, 0.25) is 0 Å². The van der Waals surface area contributed by atoms with Gasteiger partial charge in [-0.25, -0.2) is 9.69 Å². The van der Waals surface area contributed by atoms with Gasteiger partial charge in [-0.05, 0) is 59.7 Å². The zero-order chi connectivity index (χ0) is 20.6. The number of anilines is 1. The first-order valence-electron chi connectivity index (χ1n) is 9.17. The summed E-state index contributed by atoms with van der Waals surface area (Å²) >= 11 is 0. The Morgan fingerprint density at radius 2 is 1.54 bits per heavy atom. The minimum atomic E-state index is -0.738. The third-order valence-electron chi connectivity index (χ3n) is 4.94. The molecule has 1 N–H and O–H groups in total. The maximum Gasteiger partial charge on any atom is 0.335 e. The Balaban J connectivity index is 1.97. The smallest absolute Gasteiger partial charge is 0.273 e. The van der Waals surface area contributed by atoms with Gasteiger partial charge in [-0.1, -0.05) is 51.1 Å². The lowest BCUT2D eigenvalue weighted by atomic mass is 9.86. The Bertz CT molecular complexity index is 995. The van der Waals surface area contributed by atoms with Crippen molar-refractivity contribution >= 4 is 29.6 Å². The number of barbiturate groups is 1. The van der Waals surface area contributed by atoms with Crippen LogP contribution < -0.4 is 10.2 Å². The fourth-order valence-electron chi connectivity index (χ4n) is 3.00. The molecule has 0 radical (unpaired) electrons. The van der Waals surface area contributed by atoms with Gasteiger partial charge in [0.2, 0.25) is 0 Å². The zero-order valence-corrected chi connectivity index (χ0v) is 16.8. The average molecular weight is 376 g/mol.